The van der Waals surface area contributed by atoms with Crippen LogP contribution < -0.4 is 0 Å². The van der Waals surface area contributed by atoms with Gasteiger partial charge >= 0.3 is 5.97 Å². The first-order valence-corrected chi connectivity index (χ1v) is 2.04. The maximum Gasteiger partial charge on any atom is 0.305 e. The molecule has 0 saturated heterocycles. The molecule has 0 spiro atoms. The van der Waals surface area contributed by atoms with Crippen molar-refractivity contribution in [3.63, 3.8) is 0 Å². The lowest BCUT2D eigenvalue weighted by molar-refractivity contribution is -0.137. The second kappa shape index (κ2) is 3.12. The summed E-state index contributed by atoms with van der Waals surface area (Å²) < 4.78 is 6.60. The fraction of sp³-hybridized carbons (Fsp3) is 0.750. The summed E-state index contributed by atoms with van der Waals surface area (Å²) in [6.45, 7) is -0.254. The van der Waals surface area contributed by atoms with Gasteiger partial charge in [-0.15, -0.1) is 0 Å². The van der Waals surface area contributed by atoms with Crippen molar-refractivity contribution in [3.8, 4) is 0 Å². The number of nitroso groups, excluding NO2 is 1. The Hall–Kier alpha value is -0.930. The van der Waals surface area contributed by atoms with Crippen molar-refractivity contribution in [2.45, 2.75) is 19.4 Å². The van der Waals surface area contributed by atoms with Crippen molar-refractivity contribution in [2.24, 2.45) is 5.18 Å². The number of hydrogen-bond donors (Lipinski definition) is 1. The number of carbonyl (C=O) groups is 1. The minimum atomic E-state index is -1.09. The molecule has 0 rings (SSSR count). The molecule has 0 radical (unpaired) electrons. The van der Waals surface area contributed by atoms with Crippen LogP contribution in [0.15, 0.2) is 5.18 Å². The number of carboxylic acids is 1. The molecule has 0 fully saturated rings. The summed E-state index contributed by atoms with van der Waals surface area (Å²) >= 11 is 0. The summed E-state index contributed by atoms with van der Waals surface area (Å²) in [6, 6.07) is -0.887. The van der Waals surface area contributed by atoms with E-state index in [1.807, 2.05) is 0 Å². The van der Waals surface area contributed by atoms with Crippen molar-refractivity contribution < 1.29 is 11.3 Å². The minimum absolute atomic E-state index is 0.254. The van der Waals surface area contributed by atoms with Crippen LogP contribution in [-0.2, 0) is 4.79 Å². The van der Waals surface area contributed by atoms with Crippen LogP contribution in [0.25, 0.3) is 0 Å². The van der Waals surface area contributed by atoms with Crippen LogP contribution in [0.4, 0.5) is 0 Å². The van der Waals surface area contributed by atoms with Crippen LogP contribution >= 0.6 is 0 Å². The molecule has 0 aromatic rings. The molecule has 0 saturated carbocycles. The Balaban J connectivity index is 3.55. The quantitative estimate of drug-likeness (QED) is 0.552. The van der Waals surface area contributed by atoms with E-state index in [1.54, 1.807) is 0 Å². The monoisotopic (exact) mass is 118 g/mol. The van der Waals surface area contributed by atoms with Gasteiger partial charge in [0.1, 0.15) is 0 Å². The zero-order valence-electron chi connectivity index (χ0n) is 5.20. The lowest BCUT2D eigenvalue weighted by Gasteiger charge is -1.92. The summed E-state index contributed by atoms with van der Waals surface area (Å²) in [5, 5.41) is 10.5. The van der Waals surface area contributed by atoms with Crippen molar-refractivity contribution >= 4 is 5.97 Å². The van der Waals surface area contributed by atoms with Gasteiger partial charge in [0.25, 0.3) is 0 Å². The van der Waals surface area contributed by atoms with Gasteiger partial charge in [-0.3, -0.25) is 4.79 Å². The molecule has 1 unspecified atom stereocenters. The maximum absolute atomic E-state index is 9.85. The Morgan fingerprint density at radius 2 is 2.75 bits per heavy atom. The van der Waals surface area contributed by atoms with Crippen molar-refractivity contribution in [3.05, 3.63) is 4.91 Å². The average molecular weight is 118 g/mol. The predicted molar refractivity (Wildman–Crippen MR) is 27.5 cm³/mol. The smallest absolute Gasteiger partial charge is 0.305 e. The molecule has 0 amide bonds. The third-order valence-electron chi connectivity index (χ3n) is 0.559. The van der Waals surface area contributed by atoms with E-state index in [-0.39, 0.29) is 13.3 Å². The Kier molecular flexibility index (Phi) is 2.03. The van der Waals surface area contributed by atoms with E-state index in [1.165, 1.54) is 0 Å². The Morgan fingerprint density at radius 1 is 2.12 bits per heavy atom. The fourth-order valence-electron chi connectivity index (χ4n) is 0.239. The van der Waals surface area contributed by atoms with E-state index < -0.39 is 12.0 Å². The van der Waals surface area contributed by atoms with Gasteiger partial charge in [-0.1, -0.05) is 5.18 Å². The topological polar surface area (TPSA) is 66.7 Å². The highest BCUT2D eigenvalue weighted by molar-refractivity contribution is 5.67. The number of hydrogen-bond acceptors (Lipinski definition) is 3. The molecule has 0 aliphatic carbocycles. The third kappa shape index (κ3) is 3.27. The van der Waals surface area contributed by atoms with Gasteiger partial charge in [-0.05, 0) is 6.90 Å². The van der Waals surface area contributed by atoms with Crippen LogP contribution in [0.1, 0.15) is 14.7 Å². The summed E-state index contributed by atoms with van der Waals surface area (Å²) in [4.78, 5) is 19.5. The maximum atomic E-state index is 9.85. The van der Waals surface area contributed by atoms with Gasteiger partial charge in [-0.25, -0.2) is 0 Å². The first-order chi connectivity index (χ1) is 4.20. The van der Waals surface area contributed by atoms with Crippen LogP contribution in [0.2, 0.25) is 0 Å². The fourth-order valence-corrected chi connectivity index (χ4v) is 0.239. The van der Waals surface area contributed by atoms with E-state index in [0.29, 0.717) is 0 Å². The molecule has 0 aliphatic rings. The molecular weight excluding hydrogens is 110 g/mol. The van der Waals surface area contributed by atoms with Gasteiger partial charge in [0.05, 0.1) is 12.5 Å². The third-order valence-corrected chi connectivity index (χ3v) is 0.559. The highest BCUT2D eigenvalue weighted by Crippen LogP contribution is 1.93. The van der Waals surface area contributed by atoms with Crippen LogP contribution in [0.5, 0.6) is 0 Å². The zero-order chi connectivity index (χ0) is 7.28. The van der Waals surface area contributed by atoms with Crippen LogP contribution in [0.3, 0.4) is 0 Å². The van der Waals surface area contributed by atoms with E-state index in [4.69, 9.17) is 6.48 Å². The van der Waals surface area contributed by atoms with E-state index in [9.17, 15) is 9.70 Å². The second-order valence-electron chi connectivity index (χ2n) is 1.36. The molecule has 0 heterocycles. The van der Waals surface area contributed by atoms with E-state index in [0.717, 1.165) is 0 Å². The van der Waals surface area contributed by atoms with Crippen LogP contribution in [0, 0.1) is 4.91 Å². The number of carboxylic acid groups (broad SMARTS) is 1. The largest absolute Gasteiger partial charge is 0.481 e. The number of rotatable bonds is 3. The molecule has 0 aromatic heterocycles. The lowest BCUT2D eigenvalue weighted by Crippen LogP contribution is -2.05. The van der Waals surface area contributed by atoms with Gasteiger partial charge in [0.15, 0.2) is 0 Å². The Labute approximate surface area is 47.9 Å². The number of nitrogens with zero attached hydrogens (tertiary/aromatic N) is 1. The summed E-state index contributed by atoms with van der Waals surface area (Å²) in [5.41, 5.74) is 0. The summed E-state index contributed by atoms with van der Waals surface area (Å²) in [7, 11) is 0. The molecule has 1 N–H and O–H groups in total. The Bertz CT molecular complexity index is 116. The SMILES string of the molecule is [2H]CC(CC(=O)O)N=O. The van der Waals surface area contributed by atoms with Crippen molar-refractivity contribution in [1.82, 2.24) is 0 Å². The molecule has 8 heavy (non-hydrogen) atoms. The first kappa shape index (κ1) is 5.21. The predicted octanol–water partition coefficient (Wildman–Crippen LogP) is 0.616. The molecule has 0 aliphatic heterocycles. The molecule has 4 heteroatoms. The Morgan fingerprint density at radius 3 is 2.88 bits per heavy atom. The van der Waals surface area contributed by atoms with Crippen LogP contribution in [-0.4, -0.2) is 17.1 Å². The number of aliphatic carboxylic acids is 1. The molecule has 46 valence electrons. The molecule has 0 bridgehead atoms. The minimum Gasteiger partial charge on any atom is -0.481 e. The molecule has 1 atom stereocenters. The normalized spacial score (nSPS) is 14.2. The van der Waals surface area contributed by atoms with Crippen molar-refractivity contribution in [2.75, 3.05) is 0 Å². The molecule has 4 nitrogen and oxygen atoms in total. The van der Waals surface area contributed by atoms with Gasteiger partial charge in [-0.2, -0.15) is 4.91 Å². The van der Waals surface area contributed by atoms with Gasteiger partial charge < -0.3 is 5.11 Å². The summed E-state index contributed by atoms with van der Waals surface area (Å²) in [5.74, 6) is -1.09. The lowest BCUT2D eigenvalue weighted by atomic mass is 10.3. The zero-order valence-corrected chi connectivity index (χ0v) is 4.20. The molecule has 0 aromatic carbocycles. The average Bonchev–Trinajstić information content (AvgIpc) is 1.82. The van der Waals surface area contributed by atoms with Gasteiger partial charge in [0.2, 0.25) is 0 Å². The highest BCUT2D eigenvalue weighted by Gasteiger charge is 2.04. The molecular formula is C4H7NO3. The highest BCUT2D eigenvalue weighted by atomic mass is 16.4. The summed E-state index contributed by atoms with van der Waals surface area (Å²) in [6.07, 6.45) is -0.340. The van der Waals surface area contributed by atoms with E-state index >= 15 is 0 Å². The standard InChI is InChI=1S/C4H7NO3/c1-3(5-8)2-4(6)7/h3H,2H2,1H3,(H,6,7)/i1D. The van der Waals surface area contributed by atoms with E-state index in [2.05, 4.69) is 5.18 Å². The second-order valence-corrected chi connectivity index (χ2v) is 1.36. The first-order valence-electron chi connectivity index (χ1n) is 2.75. The van der Waals surface area contributed by atoms with Crippen molar-refractivity contribution in [1.29, 1.82) is 0 Å². The van der Waals surface area contributed by atoms with Gasteiger partial charge in [0, 0.05) is 1.37 Å².